The number of aryl methyl sites for hydroxylation is 1. The SMILES string of the molecule is COc1ccc2cc3n(c2c1)C[C@@](C)(C(=O)NC1CCCCCC1)N(Cc1ccccc1C)C3=O. The van der Waals surface area contributed by atoms with Crippen LogP contribution in [0.1, 0.15) is 67.1 Å². The first kappa shape index (κ1) is 23.5. The Kier molecular flexibility index (Phi) is 6.30. The van der Waals surface area contributed by atoms with Crippen molar-refractivity contribution >= 4 is 22.7 Å². The van der Waals surface area contributed by atoms with Gasteiger partial charge in [-0.15, -0.1) is 0 Å². The van der Waals surface area contributed by atoms with E-state index in [1.807, 2.05) is 54.0 Å². The Morgan fingerprint density at radius 2 is 1.83 bits per heavy atom. The van der Waals surface area contributed by atoms with Crippen LogP contribution < -0.4 is 10.1 Å². The number of methoxy groups -OCH3 is 1. The molecule has 0 spiro atoms. The molecule has 1 fully saturated rings. The van der Waals surface area contributed by atoms with E-state index in [4.69, 9.17) is 4.74 Å². The number of ether oxygens (including phenoxy) is 1. The van der Waals surface area contributed by atoms with Gasteiger partial charge in [-0.25, -0.2) is 0 Å². The lowest BCUT2D eigenvalue weighted by atomic mass is 9.92. The second kappa shape index (κ2) is 9.40. The molecule has 5 rings (SSSR count). The molecular formula is C29H35N3O3. The average Bonchev–Trinajstić information content (AvgIpc) is 3.01. The van der Waals surface area contributed by atoms with E-state index in [2.05, 4.69) is 18.3 Å². The highest BCUT2D eigenvalue weighted by Crippen LogP contribution is 2.35. The summed E-state index contributed by atoms with van der Waals surface area (Å²) in [6.45, 7) is 4.76. The second-order valence-electron chi connectivity index (χ2n) is 10.3. The summed E-state index contributed by atoms with van der Waals surface area (Å²) >= 11 is 0. The van der Waals surface area contributed by atoms with Crippen molar-refractivity contribution in [2.45, 2.75) is 77.0 Å². The van der Waals surface area contributed by atoms with E-state index in [0.717, 1.165) is 53.5 Å². The molecule has 0 unspecified atom stereocenters. The van der Waals surface area contributed by atoms with Gasteiger partial charge < -0.3 is 19.5 Å². The van der Waals surface area contributed by atoms with Gasteiger partial charge in [-0.3, -0.25) is 9.59 Å². The van der Waals surface area contributed by atoms with E-state index in [1.54, 1.807) is 12.0 Å². The average molecular weight is 474 g/mol. The highest BCUT2D eigenvalue weighted by atomic mass is 16.5. The van der Waals surface area contributed by atoms with Gasteiger partial charge in [0.25, 0.3) is 5.91 Å². The van der Waals surface area contributed by atoms with Crippen LogP contribution in [0.3, 0.4) is 0 Å². The molecule has 3 aromatic rings. The first-order chi connectivity index (χ1) is 16.9. The van der Waals surface area contributed by atoms with E-state index in [1.165, 1.54) is 12.8 Å². The van der Waals surface area contributed by atoms with Gasteiger partial charge >= 0.3 is 0 Å². The quantitative estimate of drug-likeness (QED) is 0.517. The standard InChI is InChI=1S/C29H35N3O3/c1-20-10-8-9-11-22(20)18-32-27(33)26-16-21-14-15-24(35-3)17-25(21)31(26)19-29(32,2)28(34)30-23-12-6-4-5-7-13-23/h8-11,14-17,23H,4-7,12-13,18-19H2,1-3H3,(H,30,34)/t29-/m0/s1. The minimum absolute atomic E-state index is 0.0678. The largest absolute Gasteiger partial charge is 0.497 e. The molecule has 0 radical (unpaired) electrons. The van der Waals surface area contributed by atoms with Crippen LogP contribution in [-0.4, -0.2) is 40.0 Å². The van der Waals surface area contributed by atoms with Gasteiger partial charge in [-0.1, -0.05) is 49.9 Å². The Balaban J connectivity index is 1.56. The topological polar surface area (TPSA) is 63.6 Å². The fourth-order valence-corrected chi connectivity index (χ4v) is 5.63. The Morgan fingerprint density at radius 3 is 2.54 bits per heavy atom. The van der Waals surface area contributed by atoms with E-state index in [9.17, 15) is 9.59 Å². The predicted molar refractivity (Wildman–Crippen MR) is 138 cm³/mol. The zero-order chi connectivity index (χ0) is 24.6. The summed E-state index contributed by atoms with van der Waals surface area (Å²) in [6, 6.07) is 16.0. The molecule has 6 nitrogen and oxygen atoms in total. The molecule has 1 atom stereocenters. The third kappa shape index (κ3) is 4.30. The number of hydrogen-bond acceptors (Lipinski definition) is 3. The van der Waals surface area contributed by atoms with Crippen molar-refractivity contribution in [3.8, 4) is 5.75 Å². The minimum Gasteiger partial charge on any atom is -0.497 e. The lowest BCUT2D eigenvalue weighted by Crippen LogP contribution is -2.64. The van der Waals surface area contributed by atoms with Gasteiger partial charge in [-0.2, -0.15) is 0 Å². The molecule has 1 aromatic heterocycles. The van der Waals surface area contributed by atoms with Crippen LogP contribution in [0.5, 0.6) is 5.75 Å². The summed E-state index contributed by atoms with van der Waals surface area (Å²) in [5, 5.41) is 4.31. The predicted octanol–water partition coefficient (Wildman–Crippen LogP) is 5.21. The molecule has 6 heteroatoms. The molecular weight excluding hydrogens is 438 g/mol. The molecule has 1 aliphatic carbocycles. The maximum atomic E-state index is 14.0. The van der Waals surface area contributed by atoms with Crippen molar-refractivity contribution in [1.82, 2.24) is 14.8 Å². The molecule has 0 saturated heterocycles. The van der Waals surface area contributed by atoms with Crippen molar-refractivity contribution in [2.75, 3.05) is 7.11 Å². The minimum atomic E-state index is -1.02. The number of benzene rings is 2. The smallest absolute Gasteiger partial charge is 0.271 e. The number of hydrogen-bond donors (Lipinski definition) is 1. The Hall–Kier alpha value is -3.28. The number of amides is 2. The first-order valence-electron chi connectivity index (χ1n) is 12.8. The van der Waals surface area contributed by atoms with Crippen LogP contribution in [0.4, 0.5) is 0 Å². The zero-order valence-corrected chi connectivity index (χ0v) is 21.0. The number of aromatic nitrogens is 1. The molecule has 2 heterocycles. The summed E-state index contributed by atoms with van der Waals surface area (Å²) in [7, 11) is 1.64. The number of carbonyl (C=O) groups is 2. The summed E-state index contributed by atoms with van der Waals surface area (Å²) in [5.41, 5.74) is 2.68. The van der Waals surface area contributed by atoms with Crippen LogP contribution in [0.2, 0.25) is 0 Å². The molecule has 2 amide bonds. The van der Waals surface area contributed by atoms with Crippen LogP contribution in [0.15, 0.2) is 48.5 Å². The highest BCUT2D eigenvalue weighted by molar-refractivity contribution is 6.03. The summed E-state index contributed by atoms with van der Waals surface area (Å²) < 4.78 is 7.45. The zero-order valence-electron chi connectivity index (χ0n) is 21.0. The Labute approximate surface area is 207 Å². The molecule has 184 valence electrons. The second-order valence-corrected chi connectivity index (χ2v) is 10.3. The number of nitrogens with one attached hydrogen (secondary N) is 1. The van der Waals surface area contributed by atoms with Crippen molar-refractivity contribution < 1.29 is 14.3 Å². The fourth-order valence-electron chi connectivity index (χ4n) is 5.63. The monoisotopic (exact) mass is 473 g/mol. The van der Waals surface area contributed by atoms with Crippen LogP contribution in [-0.2, 0) is 17.9 Å². The third-order valence-electron chi connectivity index (χ3n) is 7.91. The van der Waals surface area contributed by atoms with Gasteiger partial charge in [0.15, 0.2) is 0 Å². The maximum Gasteiger partial charge on any atom is 0.271 e. The molecule has 2 aliphatic rings. The van der Waals surface area contributed by atoms with Crippen LogP contribution in [0.25, 0.3) is 10.9 Å². The maximum absolute atomic E-state index is 14.0. The van der Waals surface area contributed by atoms with Gasteiger partial charge in [-0.05, 0) is 56.0 Å². The lowest BCUT2D eigenvalue weighted by molar-refractivity contribution is -0.134. The van der Waals surface area contributed by atoms with Gasteiger partial charge in [0, 0.05) is 24.0 Å². The molecule has 1 saturated carbocycles. The first-order valence-corrected chi connectivity index (χ1v) is 12.8. The van der Waals surface area contributed by atoms with Crippen molar-refractivity contribution in [3.05, 3.63) is 65.4 Å². The van der Waals surface area contributed by atoms with Gasteiger partial charge in [0.1, 0.15) is 17.0 Å². The Bertz CT molecular complexity index is 1260. The van der Waals surface area contributed by atoms with E-state index < -0.39 is 5.54 Å². The van der Waals surface area contributed by atoms with E-state index in [-0.39, 0.29) is 17.9 Å². The van der Waals surface area contributed by atoms with Crippen molar-refractivity contribution in [2.24, 2.45) is 0 Å². The van der Waals surface area contributed by atoms with Gasteiger partial charge in [0.2, 0.25) is 5.91 Å². The van der Waals surface area contributed by atoms with Crippen LogP contribution >= 0.6 is 0 Å². The van der Waals surface area contributed by atoms with Crippen molar-refractivity contribution in [1.29, 1.82) is 0 Å². The number of fused-ring (bicyclic) bond motifs is 3. The number of carbonyl (C=O) groups excluding carboxylic acids is 2. The Morgan fingerprint density at radius 1 is 1.09 bits per heavy atom. The molecule has 35 heavy (non-hydrogen) atoms. The third-order valence-corrected chi connectivity index (χ3v) is 7.91. The summed E-state index contributed by atoms with van der Waals surface area (Å²) in [5.74, 6) is 0.549. The lowest BCUT2D eigenvalue weighted by Gasteiger charge is -2.45. The fraction of sp³-hybridized carbons (Fsp3) is 0.448. The highest BCUT2D eigenvalue weighted by Gasteiger charge is 2.48. The normalized spacial score (nSPS) is 21.0. The van der Waals surface area contributed by atoms with E-state index in [0.29, 0.717) is 18.8 Å². The van der Waals surface area contributed by atoms with E-state index >= 15 is 0 Å². The number of nitrogens with zero attached hydrogens (tertiary/aromatic N) is 2. The number of rotatable bonds is 5. The molecule has 0 bridgehead atoms. The summed E-state index contributed by atoms with van der Waals surface area (Å²) in [6.07, 6.45) is 6.73. The molecule has 1 N–H and O–H groups in total. The molecule has 2 aromatic carbocycles. The van der Waals surface area contributed by atoms with Gasteiger partial charge in [0.05, 0.1) is 19.2 Å². The van der Waals surface area contributed by atoms with Crippen molar-refractivity contribution in [3.63, 3.8) is 0 Å². The molecule has 1 aliphatic heterocycles. The summed E-state index contributed by atoms with van der Waals surface area (Å²) in [4.78, 5) is 29.8. The van der Waals surface area contributed by atoms with Crippen LogP contribution in [0, 0.1) is 6.92 Å².